The molecule has 1 saturated carbocycles. The number of carbonyl (C=O) groups is 2. The Kier molecular flexibility index (Phi) is 10.1. The van der Waals surface area contributed by atoms with Gasteiger partial charge in [-0.3, -0.25) is 14.2 Å². The van der Waals surface area contributed by atoms with E-state index in [1.165, 1.54) is 4.57 Å². The fraction of sp³-hybridized carbons (Fsp3) is 0.550. The van der Waals surface area contributed by atoms with Crippen LogP contribution in [0.15, 0.2) is 17.3 Å². The number of carboxylic acid groups (broad SMARTS) is 1. The first-order valence-corrected chi connectivity index (χ1v) is 11.1. The molecule has 0 atom stereocenters. The first-order valence-electron chi connectivity index (χ1n) is 10.7. The number of rotatable bonds is 7. The van der Waals surface area contributed by atoms with E-state index >= 15 is 0 Å². The molecule has 0 bridgehead atoms. The summed E-state index contributed by atoms with van der Waals surface area (Å²) in [4.78, 5) is 45.1. The van der Waals surface area contributed by atoms with Crippen molar-refractivity contribution in [3.8, 4) is 0 Å². The summed E-state index contributed by atoms with van der Waals surface area (Å²) >= 11 is 6.21. The van der Waals surface area contributed by atoms with Gasteiger partial charge in [-0.1, -0.05) is 11.6 Å². The number of aliphatic carboxylic acids is 1. The Morgan fingerprint density at radius 3 is 2.49 bits per heavy atom. The number of H-pyrrole nitrogens is 1. The summed E-state index contributed by atoms with van der Waals surface area (Å²) in [6.07, 6.45) is 2.42. The summed E-state index contributed by atoms with van der Waals surface area (Å²) in [5, 5.41) is 13.3. The van der Waals surface area contributed by atoms with Crippen LogP contribution in [0.4, 0.5) is 19.0 Å². The van der Waals surface area contributed by atoms with Gasteiger partial charge in [0.15, 0.2) is 11.0 Å². The number of carbonyl (C=O) groups excluding carboxylic acids is 1. The number of anilines is 1. The number of aromatic nitrogens is 4. The molecule has 1 amide bonds. The van der Waals surface area contributed by atoms with Crippen molar-refractivity contribution in [2.45, 2.75) is 63.8 Å². The number of alkyl halides is 3. The number of nitrogens with two attached hydrogens (primary N) is 1. The second-order valence-electron chi connectivity index (χ2n) is 7.96. The highest BCUT2D eigenvalue weighted by atomic mass is 35.5. The van der Waals surface area contributed by atoms with Crippen molar-refractivity contribution >= 4 is 29.3 Å². The molecule has 6 N–H and O–H groups in total. The monoisotopic (exact) mass is 521 g/mol. The third kappa shape index (κ3) is 8.87. The van der Waals surface area contributed by atoms with Crippen LogP contribution in [0.1, 0.15) is 37.1 Å². The van der Waals surface area contributed by atoms with E-state index in [9.17, 15) is 22.8 Å². The number of carboxylic acids is 1. The second-order valence-corrected chi connectivity index (χ2v) is 8.32. The van der Waals surface area contributed by atoms with Crippen molar-refractivity contribution in [2.75, 3.05) is 11.9 Å². The maximum atomic E-state index is 12.8. The van der Waals surface area contributed by atoms with E-state index < -0.39 is 12.1 Å². The van der Waals surface area contributed by atoms with Crippen LogP contribution in [0.25, 0.3) is 0 Å². The van der Waals surface area contributed by atoms with E-state index in [0.717, 1.165) is 31.4 Å². The van der Waals surface area contributed by atoms with Crippen molar-refractivity contribution in [1.82, 2.24) is 24.8 Å². The minimum Gasteiger partial charge on any atom is -0.475 e. The number of amides is 1. The van der Waals surface area contributed by atoms with Crippen molar-refractivity contribution in [3.63, 3.8) is 0 Å². The Balaban J connectivity index is 0.000000540. The lowest BCUT2D eigenvalue weighted by Gasteiger charge is -2.27. The van der Waals surface area contributed by atoms with E-state index in [4.69, 9.17) is 27.2 Å². The van der Waals surface area contributed by atoms with Gasteiger partial charge in [0, 0.05) is 36.9 Å². The molecular weight excluding hydrogens is 495 g/mol. The van der Waals surface area contributed by atoms with Crippen molar-refractivity contribution in [2.24, 2.45) is 5.73 Å². The first kappa shape index (κ1) is 28.1. The standard InChI is InChI=1S/C18H26ClN7O2.C2HF3O2/c1-11-16(19)25-17(24-13-4-2-12(20)3-5-13)18(28)26(11)9-15(27)22-7-6-14-8-21-10-23-14;3-2(4,5)1(6)7/h8,10,12-13H,2-7,9,20H2,1H3,(H,21,23)(H,22,27)(H,24,25);(H,6,7). The molecule has 2 aromatic heterocycles. The lowest BCUT2D eigenvalue weighted by Crippen LogP contribution is -2.38. The largest absolute Gasteiger partial charge is 0.490 e. The molecule has 0 spiro atoms. The van der Waals surface area contributed by atoms with Crippen molar-refractivity contribution < 1.29 is 27.9 Å². The molecule has 0 radical (unpaired) electrons. The lowest BCUT2D eigenvalue weighted by molar-refractivity contribution is -0.192. The summed E-state index contributed by atoms with van der Waals surface area (Å²) in [5.74, 6) is -2.84. The highest BCUT2D eigenvalue weighted by molar-refractivity contribution is 6.30. The zero-order chi connectivity index (χ0) is 26.2. The number of imidazole rings is 1. The summed E-state index contributed by atoms with van der Waals surface area (Å²) in [6.45, 7) is 2.01. The first-order chi connectivity index (χ1) is 16.4. The molecule has 2 heterocycles. The maximum Gasteiger partial charge on any atom is 0.490 e. The third-order valence-electron chi connectivity index (χ3n) is 5.29. The molecule has 0 aromatic carbocycles. The van der Waals surface area contributed by atoms with E-state index in [1.54, 1.807) is 19.4 Å². The molecule has 0 unspecified atom stereocenters. The zero-order valence-electron chi connectivity index (χ0n) is 18.9. The van der Waals surface area contributed by atoms with Crippen LogP contribution in [0.2, 0.25) is 5.15 Å². The Labute approximate surface area is 203 Å². The van der Waals surface area contributed by atoms with Crippen LogP contribution in [0, 0.1) is 6.92 Å². The minimum atomic E-state index is -5.08. The van der Waals surface area contributed by atoms with Gasteiger partial charge >= 0.3 is 12.1 Å². The molecule has 3 rings (SSSR count). The van der Waals surface area contributed by atoms with Crippen molar-refractivity contribution in [1.29, 1.82) is 0 Å². The van der Waals surface area contributed by atoms with Crippen molar-refractivity contribution in [3.05, 3.63) is 39.4 Å². The Hall–Kier alpha value is -3.13. The summed E-state index contributed by atoms with van der Waals surface area (Å²) in [7, 11) is 0. The smallest absolute Gasteiger partial charge is 0.475 e. The van der Waals surface area contributed by atoms with Gasteiger partial charge in [-0.05, 0) is 32.6 Å². The molecule has 1 fully saturated rings. The predicted molar refractivity (Wildman–Crippen MR) is 121 cm³/mol. The quantitative estimate of drug-likeness (QED) is 0.366. The van der Waals surface area contributed by atoms with Crippen LogP contribution in [0.5, 0.6) is 0 Å². The number of aromatic amines is 1. The van der Waals surface area contributed by atoms with E-state index in [0.29, 0.717) is 18.7 Å². The number of hydrogen-bond donors (Lipinski definition) is 5. The SMILES string of the molecule is Cc1c(Cl)nc(NC2CCC(N)CC2)c(=O)n1CC(=O)NCCc1cnc[nH]1.O=C(O)C(F)(F)F. The Morgan fingerprint density at radius 2 is 1.94 bits per heavy atom. The highest BCUT2D eigenvalue weighted by Crippen LogP contribution is 2.20. The highest BCUT2D eigenvalue weighted by Gasteiger charge is 2.38. The van der Waals surface area contributed by atoms with Gasteiger partial charge in [-0.25, -0.2) is 14.8 Å². The van der Waals surface area contributed by atoms with Crippen LogP contribution in [0.3, 0.4) is 0 Å². The van der Waals surface area contributed by atoms with Crippen LogP contribution < -0.4 is 21.9 Å². The average molecular weight is 522 g/mol. The van der Waals surface area contributed by atoms with Gasteiger partial charge < -0.3 is 26.5 Å². The van der Waals surface area contributed by atoms with E-state index in [2.05, 4.69) is 25.6 Å². The Bertz CT molecular complexity index is 1050. The van der Waals surface area contributed by atoms with Crippen LogP contribution in [-0.2, 0) is 22.6 Å². The van der Waals surface area contributed by atoms with Gasteiger partial charge in [-0.15, -0.1) is 0 Å². The van der Waals surface area contributed by atoms with Gasteiger partial charge in [0.05, 0.1) is 12.0 Å². The van der Waals surface area contributed by atoms with Gasteiger partial charge in [-0.2, -0.15) is 13.2 Å². The molecule has 0 saturated heterocycles. The van der Waals surface area contributed by atoms with Gasteiger partial charge in [0.1, 0.15) is 6.54 Å². The number of nitrogens with one attached hydrogen (secondary N) is 3. The molecule has 0 aliphatic heterocycles. The molecule has 15 heteroatoms. The van der Waals surface area contributed by atoms with E-state index in [-0.39, 0.29) is 41.1 Å². The summed E-state index contributed by atoms with van der Waals surface area (Å²) < 4.78 is 33.1. The van der Waals surface area contributed by atoms with E-state index in [1.807, 2.05) is 0 Å². The van der Waals surface area contributed by atoms with Crippen LogP contribution in [-0.4, -0.2) is 61.3 Å². The molecular formula is C20H27ClF3N7O4. The molecule has 2 aromatic rings. The zero-order valence-corrected chi connectivity index (χ0v) is 19.6. The summed E-state index contributed by atoms with van der Waals surface area (Å²) in [5.41, 5.74) is 6.98. The number of nitrogens with zero attached hydrogens (tertiary/aromatic N) is 3. The normalized spacial score (nSPS) is 17.8. The predicted octanol–water partition coefficient (Wildman–Crippen LogP) is 1.60. The molecule has 194 valence electrons. The number of halogens is 4. The minimum absolute atomic E-state index is 0.111. The summed E-state index contributed by atoms with van der Waals surface area (Å²) in [6, 6.07) is 0.352. The van der Waals surface area contributed by atoms with Gasteiger partial charge in [0.25, 0.3) is 5.56 Å². The molecule has 11 nitrogen and oxygen atoms in total. The molecule has 1 aliphatic rings. The van der Waals surface area contributed by atoms with Crippen LogP contribution >= 0.6 is 11.6 Å². The molecule has 1 aliphatic carbocycles. The maximum absolute atomic E-state index is 12.8. The lowest BCUT2D eigenvalue weighted by atomic mass is 9.92. The fourth-order valence-electron chi connectivity index (χ4n) is 3.32. The average Bonchev–Trinajstić information content (AvgIpc) is 3.30. The third-order valence-corrected chi connectivity index (χ3v) is 5.65. The number of hydrogen-bond acceptors (Lipinski definition) is 7. The van der Waals surface area contributed by atoms with Gasteiger partial charge in [0.2, 0.25) is 5.91 Å². The second kappa shape index (κ2) is 12.5. The molecule has 35 heavy (non-hydrogen) atoms. The Morgan fingerprint density at radius 1 is 1.31 bits per heavy atom. The fourth-order valence-corrected chi connectivity index (χ4v) is 3.50. The topological polar surface area (TPSA) is 168 Å².